The predicted octanol–water partition coefficient (Wildman–Crippen LogP) is 31.4. The zero-order valence-electron chi connectivity index (χ0n) is 75.8. The summed E-state index contributed by atoms with van der Waals surface area (Å²) < 4.78 is 5.16. The first kappa shape index (κ1) is 80.2. The molecule has 0 bridgehead atoms. The summed E-state index contributed by atoms with van der Waals surface area (Å²) in [5.74, 6) is 0. The molecule has 0 saturated carbocycles. The average molecular weight is 1620 g/mol. The fourth-order valence-corrected chi connectivity index (χ4v) is 19.8. The molecular weight excluding hydrogens is 1510 g/mol. The van der Waals surface area contributed by atoms with Crippen LogP contribution in [0, 0.1) is 0 Å². The van der Waals surface area contributed by atoms with E-state index in [0.29, 0.717) is 0 Å². The van der Waals surface area contributed by atoms with Crippen molar-refractivity contribution in [3.63, 3.8) is 0 Å². The molecule has 4 nitrogen and oxygen atoms in total. The van der Waals surface area contributed by atoms with Crippen molar-refractivity contribution in [1.29, 1.82) is 0 Å². The van der Waals surface area contributed by atoms with E-state index in [4.69, 9.17) is 0 Å². The number of nitrogens with zero attached hydrogens (tertiary/aromatic N) is 4. The van der Waals surface area contributed by atoms with Crippen LogP contribution in [0.1, 0.15) is 158 Å². The van der Waals surface area contributed by atoms with Gasteiger partial charge >= 0.3 is 0 Å². The number of fused-ring (bicyclic) bond motifs is 10. The summed E-state index contributed by atoms with van der Waals surface area (Å²) in [5, 5.41) is 5.01. The molecule has 2 aromatic heterocycles. The Balaban J connectivity index is 0.983. The van der Waals surface area contributed by atoms with Gasteiger partial charge < -0.3 is 18.9 Å². The predicted molar refractivity (Wildman–Crippen MR) is 539 cm³/mol. The molecule has 0 N–H and O–H groups in total. The minimum Gasteiger partial charge on any atom is -0.310 e. The third-order valence-electron chi connectivity index (χ3n) is 26.8. The highest BCUT2D eigenvalue weighted by molar-refractivity contribution is 7.00. The summed E-state index contributed by atoms with van der Waals surface area (Å²) in [6.45, 7) is 42.1. The van der Waals surface area contributed by atoms with Gasteiger partial charge in [-0.1, -0.05) is 373 Å². The fraction of sp³-hybridized carbons (Fsp3) is 0.200. The van der Waals surface area contributed by atoms with Gasteiger partial charge in [-0.3, -0.25) is 0 Å². The molecule has 18 aromatic rings. The Labute approximate surface area is 740 Å². The van der Waals surface area contributed by atoms with Crippen molar-refractivity contribution in [2.75, 3.05) is 9.80 Å². The van der Waals surface area contributed by atoms with Crippen LogP contribution in [0.5, 0.6) is 0 Å². The van der Waals surface area contributed by atoms with Gasteiger partial charge in [-0.05, 0) is 235 Å². The van der Waals surface area contributed by atoms with Crippen LogP contribution in [-0.2, 0) is 32.5 Å². The highest BCUT2D eigenvalue weighted by atomic mass is 15.2. The quantitative estimate of drug-likeness (QED) is 0.120. The summed E-state index contributed by atoms with van der Waals surface area (Å²) in [7, 11) is 0. The monoisotopic (exact) mass is 1620 g/mol. The van der Waals surface area contributed by atoms with Gasteiger partial charge in [0.1, 0.15) is 0 Å². The van der Waals surface area contributed by atoms with Gasteiger partial charge in [0.2, 0.25) is 0 Å². The molecule has 2 aliphatic heterocycles. The van der Waals surface area contributed by atoms with E-state index in [2.05, 4.69) is 489 Å². The average Bonchev–Trinajstić information content (AvgIpc) is 1.60. The number of anilines is 6. The maximum atomic E-state index is 2.76. The highest BCUT2D eigenvalue weighted by Crippen LogP contribution is 2.56. The van der Waals surface area contributed by atoms with Crippen LogP contribution in [-0.4, -0.2) is 15.8 Å². The molecular formula is C120H111BN4. The minimum absolute atomic E-state index is 0.0878. The molecule has 0 spiro atoms. The topological polar surface area (TPSA) is 16.3 Å². The second kappa shape index (κ2) is 29.8. The van der Waals surface area contributed by atoms with E-state index in [1.807, 2.05) is 0 Å². The van der Waals surface area contributed by atoms with Gasteiger partial charge in [-0.15, -0.1) is 0 Å². The van der Waals surface area contributed by atoms with Crippen molar-refractivity contribution in [2.45, 2.75) is 157 Å². The van der Waals surface area contributed by atoms with E-state index in [1.54, 1.807) is 0 Å². The largest absolute Gasteiger partial charge is 0.310 e. The number of hydrogen-bond acceptors (Lipinski definition) is 2. The van der Waals surface area contributed by atoms with Gasteiger partial charge in [0.25, 0.3) is 6.71 Å². The van der Waals surface area contributed by atoms with Crippen LogP contribution in [0.3, 0.4) is 0 Å². The lowest BCUT2D eigenvalue weighted by Crippen LogP contribution is -2.61. The molecule has 614 valence electrons. The van der Waals surface area contributed by atoms with Crippen LogP contribution in [0.4, 0.5) is 34.1 Å². The van der Waals surface area contributed by atoms with Crippen LogP contribution < -0.4 is 26.2 Å². The Morgan fingerprint density at radius 2 is 0.472 bits per heavy atom. The zero-order chi connectivity index (χ0) is 86.7. The highest BCUT2D eigenvalue weighted by Gasteiger charge is 2.46. The third-order valence-corrected chi connectivity index (χ3v) is 26.8. The lowest BCUT2D eigenvalue weighted by molar-refractivity contribution is 0.569. The zero-order valence-corrected chi connectivity index (χ0v) is 75.8. The summed E-state index contributed by atoms with van der Waals surface area (Å²) in [6, 6.07) is 134. The number of aromatic nitrogens is 2. The van der Waals surface area contributed by atoms with E-state index >= 15 is 0 Å². The molecule has 20 rings (SSSR count). The van der Waals surface area contributed by atoms with E-state index in [0.717, 1.165) is 107 Å². The first-order chi connectivity index (χ1) is 59.8. The summed E-state index contributed by atoms with van der Waals surface area (Å²) in [4.78, 5) is 5.51. The second-order valence-electron chi connectivity index (χ2n) is 41.4. The van der Waals surface area contributed by atoms with E-state index in [9.17, 15) is 0 Å². The lowest BCUT2D eigenvalue weighted by Gasteiger charge is -2.46. The fourth-order valence-electron chi connectivity index (χ4n) is 19.8. The molecule has 5 heteroatoms. The normalized spacial score (nSPS) is 13.2. The molecule has 0 atom stereocenters. The van der Waals surface area contributed by atoms with Crippen molar-refractivity contribution in [2.24, 2.45) is 0 Å². The van der Waals surface area contributed by atoms with Gasteiger partial charge in [0, 0.05) is 77.9 Å². The van der Waals surface area contributed by atoms with Crippen molar-refractivity contribution < 1.29 is 0 Å². The smallest absolute Gasteiger partial charge is 0.252 e. The molecule has 2 aliphatic rings. The molecule has 0 amide bonds. The van der Waals surface area contributed by atoms with Gasteiger partial charge in [-0.2, -0.15) is 0 Å². The van der Waals surface area contributed by atoms with Crippen LogP contribution in [0.15, 0.2) is 346 Å². The maximum absolute atomic E-state index is 2.76. The molecule has 0 fully saturated rings. The van der Waals surface area contributed by atoms with Gasteiger partial charge in [-0.25, -0.2) is 0 Å². The minimum atomic E-state index is -0.327. The lowest BCUT2D eigenvalue weighted by atomic mass is 9.33. The summed E-state index contributed by atoms with van der Waals surface area (Å²) in [6.07, 6.45) is 0. The maximum Gasteiger partial charge on any atom is 0.252 e. The van der Waals surface area contributed by atoms with Crippen LogP contribution in [0.25, 0.3) is 133 Å². The Morgan fingerprint density at radius 1 is 0.192 bits per heavy atom. The third kappa shape index (κ3) is 14.1. The molecule has 0 aliphatic carbocycles. The first-order valence-corrected chi connectivity index (χ1v) is 44.9. The number of rotatable bonds is 11. The Morgan fingerprint density at radius 3 is 0.792 bits per heavy atom. The van der Waals surface area contributed by atoms with E-state index in [-0.39, 0.29) is 39.2 Å². The molecule has 0 unspecified atom stereocenters. The molecule has 4 heterocycles. The molecule has 0 saturated heterocycles. The number of para-hydroxylation sites is 2. The van der Waals surface area contributed by atoms with E-state index < -0.39 is 0 Å². The Hall–Kier alpha value is -13.2. The van der Waals surface area contributed by atoms with Crippen molar-refractivity contribution in [1.82, 2.24) is 9.13 Å². The Kier molecular flexibility index (Phi) is 19.1. The number of hydrogen-bond donors (Lipinski definition) is 0. The van der Waals surface area contributed by atoms with E-state index in [1.165, 1.54) is 110 Å². The van der Waals surface area contributed by atoms with Crippen molar-refractivity contribution in [3.8, 4) is 89.3 Å². The second-order valence-corrected chi connectivity index (χ2v) is 41.4. The standard InChI is InChI=1S/C120H111BN4/c1-115(2,3)86-51-59-104-98(70-86)99-71-87(116(4,5)6)52-60-105(99)122(104)92-55-57-102-108(74-92)124(113-94(78-39-27-21-28-40-78)47-33-49-96(113)82-45-31-43-80(63-82)76-35-23-19-24-36-76)110-67-85(84-65-90(119(13,14)15)69-91(66-84)120(16,17)18)68-111-112(110)121(102)103-58-56-93(123-106-61-53-88(117(7,8)9)72-100(106)101-73-89(118(10,11)12)54-62-107(101)123)75-109(103)125(111)114-95(79-41-29-22-30-42-79)48-34-50-97(114)83-46-32-44-81(64-83)77-37-25-20-26-38-77/h19-75H,1-18H3. The number of benzene rings is 16. The van der Waals surface area contributed by atoms with Gasteiger partial charge in [0.15, 0.2) is 0 Å². The van der Waals surface area contributed by atoms with Crippen LogP contribution in [0.2, 0.25) is 0 Å². The van der Waals surface area contributed by atoms with Crippen molar-refractivity contribution >= 4 is 101 Å². The van der Waals surface area contributed by atoms with Gasteiger partial charge in [0.05, 0.1) is 33.4 Å². The molecule has 125 heavy (non-hydrogen) atoms. The molecule has 0 radical (unpaired) electrons. The summed E-state index contributed by atoms with van der Waals surface area (Å²) in [5.41, 5.74) is 40.1. The van der Waals surface area contributed by atoms with Crippen LogP contribution >= 0.6 is 0 Å². The SMILES string of the molecule is CC(C)(C)c1cc(-c2cc3c4c(c2)N(c2c(-c5ccccc5)cccc2-c2cccc(-c5ccccc5)c2)c2cc(-n5c6ccc(C(C)(C)C)cc6c6cc(C(C)(C)C)ccc65)ccc2B4c2ccc(-n4c5ccc(C(C)(C)C)cc5c5cc(C(C)(C)C)ccc54)cc2N3c2c(-c3ccccc3)cccc2-c2cccc(-c3ccccc3)c2)cc(C(C)(C)C)c1. The Bertz CT molecular complexity index is 6750. The molecule has 16 aromatic carbocycles. The first-order valence-electron chi connectivity index (χ1n) is 44.9. The summed E-state index contributed by atoms with van der Waals surface area (Å²) >= 11 is 0. The van der Waals surface area contributed by atoms with Crippen molar-refractivity contribution in [3.05, 3.63) is 379 Å².